The number of nitrogens with zero attached hydrogens (tertiary/aromatic N) is 1. The smallest absolute Gasteiger partial charge is 0.299 e. The van der Waals surface area contributed by atoms with E-state index < -0.39 is 17.5 Å². The highest BCUT2D eigenvalue weighted by atomic mass is 19.1. The van der Waals surface area contributed by atoms with Gasteiger partial charge in [0.05, 0.1) is 24.0 Å². The van der Waals surface area contributed by atoms with Gasteiger partial charge in [0.2, 0.25) is 0 Å². The summed E-state index contributed by atoms with van der Waals surface area (Å²) >= 11 is 0. The van der Waals surface area contributed by atoms with Crippen molar-refractivity contribution in [2.75, 3.05) is 18.1 Å². The van der Waals surface area contributed by atoms with Crippen LogP contribution >= 0.6 is 0 Å². The maximum atomic E-state index is 13.7. The average Bonchev–Trinajstić information content (AvgIpc) is 2.55. The largest absolute Gasteiger partial charge is 0.377 e. The van der Waals surface area contributed by atoms with Gasteiger partial charge in [-0.25, -0.2) is 4.39 Å². The molecule has 18 heavy (non-hydrogen) atoms. The third-order valence-electron chi connectivity index (χ3n) is 2.71. The summed E-state index contributed by atoms with van der Waals surface area (Å²) < 4.78 is 19.0. The van der Waals surface area contributed by atoms with Crippen LogP contribution < -0.4 is 4.90 Å². The van der Waals surface area contributed by atoms with Gasteiger partial charge in [0.15, 0.2) is 0 Å². The number of hydrogen-bond acceptors (Lipinski definition) is 3. The Morgan fingerprint density at radius 1 is 1.33 bits per heavy atom. The standard InChI is InChI=1S/C13H14FNO3/c1-8(2)18-7-6-15-11-9(12(16)13(15)17)4-3-5-10(11)14/h3-5,8H,6-7H2,1-2H3. The molecule has 1 amide bonds. The van der Waals surface area contributed by atoms with Gasteiger partial charge in [-0.05, 0) is 26.0 Å². The number of rotatable bonds is 4. The fraction of sp³-hybridized carbons (Fsp3) is 0.385. The molecule has 0 radical (unpaired) electrons. The second-order valence-corrected chi connectivity index (χ2v) is 4.34. The van der Waals surface area contributed by atoms with Crippen LogP contribution in [0.5, 0.6) is 0 Å². The first-order chi connectivity index (χ1) is 8.52. The summed E-state index contributed by atoms with van der Waals surface area (Å²) in [4.78, 5) is 24.6. The van der Waals surface area contributed by atoms with Crippen LogP contribution in [-0.2, 0) is 9.53 Å². The molecule has 96 valence electrons. The second kappa shape index (κ2) is 4.86. The zero-order chi connectivity index (χ0) is 13.3. The molecule has 5 heteroatoms. The van der Waals surface area contributed by atoms with E-state index in [-0.39, 0.29) is 30.5 Å². The summed E-state index contributed by atoms with van der Waals surface area (Å²) in [6.07, 6.45) is 0.0264. The van der Waals surface area contributed by atoms with E-state index in [9.17, 15) is 14.0 Å². The summed E-state index contributed by atoms with van der Waals surface area (Å²) in [5.41, 5.74) is 0.199. The van der Waals surface area contributed by atoms with Crippen LogP contribution in [0.15, 0.2) is 18.2 Å². The molecule has 2 rings (SSSR count). The Bertz CT molecular complexity index is 499. The number of ether oxygens (including phenoxy) is 1. The normalized spacial score (nSPS) is 14.6. The van der Waals surface area contributed by atoms with E-state index in [1.54, 1.807) is 0 Å². The summed E-state index contributed by atoms with van der Waals surface area (Å²) in [5.74, 6) is -1.91. The van der Waals surface area contributed by atoms with Crippen LogP contribution in [0.25, 0.3) is 0 Å². The number of benzene rings is 1. The Morgan fingerprint density at radius 2 is 2.06 bits per heavy atom. The first-order valence-electron chi connectivity index (χ1n) is 5.78. The second-order valence-electron chi connectivity index (χ2n) is 4.34. The van der Waals surface area contributed by atoms with E-state index in [0.717, 1.165) is 4.90 Å². The topological polar surface area (TPSA) is 46.6 Å². The van der Waals surface area contributed by atoms with Crippen molar-refractivity contribution < 1.29 is 18.7 Å². The summed E-state index contributed by atoms with van der Waals surface area (Å²) in [6, 6.07) is 4.12. The lowest BCUT2D eigenvalue weighted by atomic mass is 10.1. The van der Waals surface area contributed by atoms with Crippen molar-refractivity contribution in [3.05, 3.63) is 29.6 Å². The van der Waals surface area contributed by atoms with Gasteiger partial charge in [-0.1, -0.05) is 6.07 Å². The molecule has 0 fully saturated rings. The molecule has 0 N–H and O–H groups in total. The monoisotopic (exact) mass is 251 g/mol. The van der Waals surface area contributed by atoms with Crippen LogP contribution in [0.2, 0.25) is 0 Å². The van der Waals surface area contributed by atoms with Crippen molar-refractivity contribution in [1.29, 1.82) is 0 Å². The minimum atomic E-state index is -0.692. The molecule has 4 nitrogen and oxygen atoms in total. The molecule has 0 aliphatic carbocycles. The van der Waals surface area contributed by atoms with Crippen LogP contribution in [-0.4, -0.2) is 30.9 Å². The van der Waals surface area contributed by atoms with Gasteiger partial charge in [-0.2, -0.15) is 0 Å². The molecule has 1 aromatic carbocycles. The molecule has 0 atom stereocenters. The first-order valence-corrected chi connectivity index (χ1v) is 5.78. The molecule has 0 bridgehead atoms. The van der Waals surface area contributed by atoms with Crippen molar-refractivity contribution >= 4 is 17.4 Å². The van der Waals surface area contributed by atoms with Crippen LogP contribution in [0.3, 0.4) is 0 Å². The van der Waals surface area contributed by atoms with E-state index in [2.05, 4.69) is 0 Å². The molecular formula is C13H14FNO3. The van der Waals surface area contributed by atoms with Gasteiger partial charge in [0.1, 0.15) is 5.82 Å². The molecule has 1 aliphatic heterocycles. The lowest BCUT2D eigenvalue weighted by molar-refractivity contribution is -0.114. The lowest BCUT2D eigenvalue weighted by Crippen LogP contribution is -2.33. The van der Waals surface area contributed by atoms with E-state index in [4.69, 9.17) is 4.74 Å². The van der Waals surface area contributed by atoms with Gasteiger partial charge >= 0.3 is 0 Å². The predicted octanol–water partition coefficient (Wildman–Crippen LogP) is 1.78. The highest BCUT2D eigenvalue weighted by Crippen LogP contribution is 2.31. The molecule has 1 aromatic rings. The number of anilines is 1. The van der Waals surface area contributed by atoms with Gasteiger partial charge in [0.25, 0.3) is 11.7 Å². The van der Waals surface area contributed by atoms with Crippen molar-refractivity contribution in [1.82, 2.24) is 0 Å². The number of hydrogen-bond donors (Lipinski definition) is 0. The Kier molecular flexibility index (Phi) is 3.43. The van der Waals surface area contributed by atoms with Gasteiger partial charge in [0, 0.05) is 6.54 Å². The highest BCUT2D eigenvalue weighted by Gasteiger charge is 2.37. The fourth-order valence-corrected chi connectivity index (χ4v) is 1.91. The highest BCUT2D eigenvalue weighted by molar-refractivity contribution is 6.52. The van der Waals surface area contributed by atoms with Crippen molar-refractivity contribution in [3.8, 4) is 0 Å². The van der Waals surface area contributed by atoms with Crippen LogP contribution in [0.4, 0.5) is 10.1 Å². The number of Topliss-reactive ketones (excluding diaryl/α,β-unsaturated/α-hetero) is 1. The maximum Gasteiger partial charge on any atom is 0.299 e. The van der Waals surface area contributed by atoms with Crippen LogP contribution in [0.1, 0.15) is 24.2 Å². The molecule has 0 unspecified atom stereocenters. The van der Waals surface area contributed by atoms with E-state index in [1.165, 1.54) is 18.2 Å². The Labute approximate surface area is 104 Å². The molecule has 0 saturated carbocycles. The van der Waals surface area contributed by atoms with Gasteiger partial charge < -0.3 is 4.74 Å². The van der Waals surface area contributed by atoms with Crippen LogP contribution in [0, 0.1) is 5.82 Å². The Morgan fingerprint density at radius 3 is 2.72 bits per heavy atom. The zero-order valence-electron chi connectivity index (χ0n) is 10.3. The van der Waals surface area contributed by atoms with E-state index in [1.807, 2.05) is 13.8 Å². The third kappa shape index (κ3) is 2.13. The molecule has 0 aromatic heterocycles. The first kappa shape index (κ1) is 12.7. The number of ketones is 1. The minimum absolute atomic E-state index is 0.0264. The third-order valence-corrected chi connectivity index (χ3v) is 2.71. The van der Waals surface area contributed by atoms with Crippen molar-refractivity contribution in [3.63, 3.8) is 0 Å². The number of fused-ring (bicyclic) bond motifs is 1. The predicted molar refractivity (Wildman–Crippen MR) is 64.2 cm³/mol. The molecule has 0 saturated heterocycles. The maximum absolute atomic E-state index is 13.7. The fourth-order valence-electron chi connectivity index (χ4n) is 1.91. The molecular weight excluding hydrogens is 237 g/mol. The summed E-state index contributed by atoms with van der Waals surface area (Å²) in [5, 5.41) is 0. The number of para-hydroxylation sites is 1. The SMILES string of the molecule is CC(C)OCCN1C(=O)C(=O)c2cccc(F)c21. The van der Waals surface area contributed by atoms with Crippen molar-refractivity contribution in [2.24, 2.45) is 0 Å². The number of carbonyl (C=O) groups is 2. The van der Waals surface area contributed by atoms with Gasteiger partial charge in [-0.3, -0.25) is 14.5 Å². The summed E-state index contributed by atoms with van der Waals surface area (Å²) in [6.45, 7) is 4.18. The number of carbonyl (C=O) groups excluding carboxylic acids is 2. The molecule has 1 aliphatic rings. The Hall–Kier alpha value is -1.75. The summed E-state index contributed by atoms with van der Waals surface area (Å²) in [7, 11) is 0. The molecule has 0 spiro atoms. The van der Waals surface area contributed by atoms with Gasteiger partial charge in [-0.15, -0.1) is 0 Å². The lowest BCUT2D eigenvalue weighted by Gasteiger charge is -2.17. The van der Waals surface area contributed by atoms with E-state index in [0.29, 0.717) is 0 Å². The average molecular weight is 251 g/mol. The van der Waals surface area contributed by atoms with Crippen molar-refractivity contribution in [2.45, 2.75) is 20.0 Å². The zero-order valence-corrected chi connectivity index (χ0v) is 10.3. The minimum Gasteiger partial charge on any atom is -0.377 e. The van der Waals surface area contributed by atoms with E-state index >= 15 is 0 Å². The number of amides is 1. The quantitative estimate of drug-likeness (QED) is 0.766. The molecule has 1 heterocycles. The number of halogens is 1. The Balaban J connectivity index is 2.23.